The van der Waals surface area contributed by atoms with E-state index < -0.39 is 15.9 Å². The van der Waals surface area contributed by atoms with E-state index in [1.807, 2.05) is 0 Å². The molecule has 2 N–H and O–H groups in total. The molecule has 160 valence electrons. The van der Waals surface area contributed by atoms with E-state index >= 15 is 0 Å². The molecule has 2 aromatic rings. The Morgan fingerprint density at radius 3 is 2.33 bits per heavy atom. The molecule has 1 heterocycles. The van der Waals surface area contributed by atoms with Gasteiger partial charge in [-0.15, -0.1) is 0 Å². The molecular formula is C21H25N3O5S. The van der Waals surface area contributed by atoms with Crippen LogP contribution >= 0.6 is 0 Å². The number of amides is 2. The standard InChI is InChI=1S/C21H25N3O5S/c1-3-12-30(27,28)23-17-6-4-16(5-7-17)22-21(26)15-13-20(25)24(14-15)18-8-10-19(29-2)11-9-18/h4-11,15,23H,3,12-14H2,1-2H3,(H,22,26). The van der Waals surface area contributed by atoms with Crippen LogP contribution in [0.5, 0.6) is 5.75 Å². The van der Waals surface area contributed by atoms with Crippen molar-refractivity contribution < 1.29 is 22.7 Å². The van der Waals surface area contributed by atoms with Crippen molar-refractivity contribution in [1.82, 2.24) is 0 Å². The van der Waals surface area contributed by atoms with Gasteiger partial charge in [0.05, 0.1) is 18.8 Å². The quantitative estimate of drug-likeness (QED) is 0.669. The molecule has 1 atom stereocenters. The Morgan fingerprint density at radius 1 is 1.10 bits per heavy atom. The van der Waals surface area contributed by atoms with Crippen LogP contribution in [0, 0.1) is 5.92 Å². The summed E-state index contributed by atoms with van der Waals surface area (Å²) >= 11 is 0. The molecule has 1 unspecified atom stereocenters. The van der Waals surface area contributed by atoms with E-state index in [9.17, 15) is 18.0 Å². The molecule has 1 aliphatic heterocycles. The molecule has 9 heteroatoms. The average Bonchev–Trinajstić information content (AvgIpc) is 3.11. The highest BCUT2D eigenvalue weighted by Crippen LogP contribution is 2.27. The van der Waals surface area contributed by atoms with Gasteiger partial charge < -0.3 is 15.0 Å². The number of hydrogen-bond acceptors (Lipinski definition) is 5. The Morgan fingerprint density at radius 2 is 1.73 bits per heavy atom. The van der Waals surface area contributed by atoms with Crippen molar-refractivity contribution in [2.75, 3.05) is 34.3 Å². The van der Waals surface area contributed by atoms with E-state index in [0.717, 1.165) is 5.69 Å². The molecule has 1 saturated heterocycles. The monoisotopic (exact) mass is 431 g/mol. The van der Waals surface area contributed by atoms with Gasteiger partial charge in [0.15, 0.2) is 0 Å². The van der Waals surface area contributed by atoms with Crippen LogP contribution in [0.1, 0.15) is 19.8 Å². The van der Waals surface area contributed by atoms with Crippen molar-refractivity contribution in [1.29, 1.82) is 0 Å². The summed E-state index contributed by atoms with van der Waals surface area (Å²) in [6.07, 6.45) is 0.657. The number of nitrogens with one attached hydrogen (secondary N) is 2. The lowest BCUT2D eigenvalue weighted by Crippen LogP contribution is -2.28. The smallest absolute Gasteiger partial charge is 0.232 e. The first-order chi connectivity index (χ1) is 14.3. The lowest BCUT2D eigenvalue weighted by Gasteiger charge is -2.17. The molecule has 3 rings (SSSR count). The second-order valence-electron chi connectivity index (χ2n) is 7.09. The number of carbonyl (C=O) groups excluding carboxylic acids is 2. The van der Waals surface area contributed by atoms with Gasteiger partial charge >= 0.3 is 0 Å². The number of ether oxygens (including phenoxy) is 1. The van der Waals surface area contributed by atoms with E-state index in [1.165, 1.54) is 0 Å². The maximum atomic E-state index is 12.6. The van der Waals surface area contributed by atoms with Crippen molar-refractivity contribution in [2.24, 2.45) is 5.92 Å². The van der Waals surface area contributed by atoms with Crippen LogP contribution in [-0.4, -0.2) is 39.6 Å². The SMILES string of the molecule is CCCS(=O)(=O)Nc1ccc(NC(=O)C2CC(=O)N(c3ccc(OC)cc3)C2)cc1. The topological polar surface area (TPSA) is 105 Å². The van der Waals surface area contributed by atoms with Crippen molar-refractivity contribution >= 4 is 38.9 Å². The number of benzene rings is 2. The minimum atomic E-state index is -3.37. The Labute approximate surface area is 176 Å². The van der Waals surface area contributed by atoms with Gasteiger partial charge in [0.25, 0.3) is 0 Å². The number of anilines is 3. The molecule has 2 amide bonds. The lowest BCUT2D eigenvalue weighted by atomic mass is 10.1. The van der Waals surface area contributed by atoms with Gasteiger partial charge in [0, 0.05) is 30.0 Å². The summed E-state index contributed by atoms with van der Waals surface area (Å²) in [7, 11) is -1.79. The molecule has 0 aromatic heterocycles. The lowest BCUT2D eigenvalue weighted by molar-refractivity contribution is -0.122. The van der Waals surface area contributed by atoms with Crippen LogP contribution in [0.2, 0.25) is 0 Å². The Kier molecular flexibility index (Phi) is 6.61. The maximum absolute atomic E-state index is 12.6. The first-order valence-corrected chi connectivity index (χ1v) is 11.3. The summed E-state index contributed by atoms with van der Waals surface area (Å²) in [4.78, 5) is 26.6. The van der Waals surface area contributed by atoms with Crippen molar-refractivity contribution in [3.05, 3.63) is 48.5 Å². The molecule has 0 saturated carbocycles. The number of rotatable bonds is 8. The van der Waals surface area contributed by atoms with Crippen LogP contribution in [0.4, 0.5) is 17.1 Å². The van der Waals surface area contributed by atoms with Gasteiger partial charge in [-0.25, -0.2) is 8.42 Å². The molecule has 0 spiro atoms. The average molecular weight is 432 g/mol. The van der Waals surface area contributed by atoms with E-state index in [1.54, 1.807) is 67.5 Å². The molecule has 30 heavy (non-hydrogen) atoms. The van der Waals surface area contributed by atoms with Gasteiger partial charge in [0.1, 0.15) is 5.75 Å². The van der Waals surface area contributed by atoms with Crippen LogP contribution in [-0.2, 0) is 19.6 Å². The Balaban J connectivity index is 1.60. The minimum Gasteiger partial charge on any atom is -0.497 e. The summed E-state index contributed by atoms with van der Waals surface area (Å²) in [6, 6.07) is 13.5. The third kappa shape index (κ3) is 5.29. The zero-order chi connectivity index (χ0) is 21.7. The van der Waals surface area contributed by atoms with Crippen molar-refractivity contribution in [2.45, 2.75) is 19.8 Å². The van der Waals surface area contributed by atoms with Gasteiger partial charge in [0.2, 0.25) is 21.8 Å². The van der Waals surface area contributed by atoms with Gasteiger partial charge in [-0.2, -0.15) is 0 Å². The molecule has 1 aliphatic rings. The van der Waals surface area contributed by atoms with Crippen molar-refractivity contribution in [3.8, 4) is 5.75 Å². The van der Waals surface area contributed by atoms with Gasteiger partial charge in [-0.3, -0.25) is 14.3 Å². The number of sulfonamides is 1. The molecule has 2 aromatic carbocycles. The summed E-state index contributed by atoms with van der Waals surface area (Å²) in [5.74, 6) is -0.0894. The fourth-order valence-electron chi connectivity index (χ4n) is 3.26. The second kappa shape index (κ2) is 9.17. The van der Waals surface area contributed by atoms with Crippen LogP contribution < -0.4 is 19.7 Å². The highest BCUT2D eigenvalue weighted by Gasteiger charge is 2.35. The second-order valence-corrected chi connectivity index (χ2v) is 8.93. The summed E-state index contributed by atoms with van der Waals surface area (Å²) in [5.41, 5.74) is 1.69. The number of hydrogen-bond donors (Lipinski definition) is 2. The number of nitrogens with zero attached hydrogens (tertiary/aromatic N) is 1. The number of methoxy groups -OCH3 is 1. The third-order valence-corrected chi connectivity index (χ3v) is 6.27. The predicted octanol–water partition coefficient (Wildman–Crippen LogP) is 2.84. The van der Waals surface area contributed by atoms with E-state index in [-0.39, 0.29) is 24.0 Å². The fraction of sp³-hybridized carbons (Fsp3) is 0.333. The van der Waals surface area contributed by atoms with E-state index in [4.69, 9.17) is 4.74 Å². The van der Waals surface area contributed by atoms with Crippen LogP contribution in [0.15, 0.2) is 48.5 Å². The molecular weight excluding hydrogens is 406 g/mol. The zero-order valence-electron chi connectivity index (χ0n) is 16.9. The summed E-state index contributed by atoms with van der Waals surface area (Å²) in [6.45, 7) is 2.09. The van der Waals surface area contributed by atoms with Crippen LogP contribution in [0.3, 0.4) is 0 Å². The molecule has 0 bridgehead atoms. The summed E-state index contributed by atoms with van der Waals surface area (Å²) < 4.78 is 31.3. The third-order valence-electron chi connectivity index (χ3n) is 4.78. The molecule has 0 aliphatic carbocycles. The predicted molar refractivity (Wildman–Crippen MR) is 116 cm³/mol. The van der Waals surface area contributed by atoms with Crippen molar-refractivity contribution in [3.63, 3.8) is 0 Å². The van der Waals surface area contributed by atoms with Gasteiger partial charge in [-0.1, -0.05) is 6.92 Å². The molecule has 8 nitrogen and oxygen atoms in total. The number of carbonyl (C=O) groups is 2. The van der Waals surface area contributed by atoms with Gasteiger partial charge in [-0.05, 0) is 55.0 Å². The van der Waals surface area contributed by atoms with E-state index in [0.29, 0.717) is 30.1 Å². The maximum Gasteiger partial charge on any atom is 0.232 e. The van der Waals surface area contributed by atoms with Crippen LogP contribution in [0.25, 0.3) is 0 Å². The highest BCUT2D eigenvalue weighted by atomic mass is 32.2. The fourth-order valence-corrected chi connectivity index (χ4v) is 4.39. The highest BCUT2D eigenvalue weighted by molar-refractivity contribution is 7.92. The molecule has 0 radical (unpaired) electrons. The Bertz CT molecular complexity index is 1000. The summed E-state index contributed by atoms with van der Waals surface area (Å²) in [5, 5.41) is 2.79. The largest absolute Gasteiger partial charge is 0.497 e. The molecule has 1 fully saturated rings. The first-order valence-electron chi connectivity index (χ1n) is 9.67. The first kappa shape index (κ1) is 21.6. The zero-order valence-corrected chi connectivity index (χ0v) is 17.7. The normalized spacial score (nSPS) is 16.4. The Hall–Kier alpha value is -3.07. The minimum absolute atomic E-state index is 0.0475. The van der Waals surface area contributed by atoms with E-state index in [2.05, 4.69) is 10.0 Å².